The van der Waals surface area contributed by atoms with Gasteiger partial charge in [0, 0.05) is 6.42 Å². The van der Waals surface area contributed by atoms with E-state index < -0.39 is 0 Å². The van der Waals surface area contributed by atoms with Crippen molar-refractivity contribution < 1.29 is 4.79 Å². The van der Waals surface area contributed by atoms with Crippen LogP contribution in [0.15, 0.2) is 13.2 Å². The summed E-state index contributed by atoms with van der Waals surface area (Å²) in [5.74, 6) is 0. The number of carbonyl (C=O) groups excluding carboxylic acids is 1. The van der Waals surface area contributed by atoms with Crippen molar-refractivity contribution in [2.45, 2.75) is 32.6 Å². The van der Waals surface area contributed by atoms with E-state index in [1.165, 1.54) is 12.8 Å². The first kappa shape index (κ1) is 11.2. The van der Waals surface area contributed by atoms with Gasteiger partial charge in [-0.3, -0.25) is 0 Å². The first-order valence-corrected chi connectivity index (χ1v) is 3.35. The summed E-state index contributed by atoms with van der Waals surface area (Å²) in [6, 6.07) is 0. The number of unbranched alkanes of at least 4 members (excludes halogenated alkanes) is 3. The highest BCUT2D eigenvalue weighted by Crippen LogP contribution is 1.94. The fraction of sp³-hybridized carbons (Fsp3) is 0.625. The van der Waals surface area contributed by atoms with E-state index >= 15 is 0 Å². The van der Waals surface area contributed by atoms with Crippen LogP contribution in [0.4, 0.5) is 0 Å². The van der Waals surface area contributed by atoms with Crippen LogP contribution in [0.25, 0.3) is 0 Å². The molecule has 0 aromatic carbocycles. The maximum atomic E-state index is 9.68. The number of carbonyl (C=O) groups is 1. The fourth-order valence-corrected chi connectivity index (χ4v) is 0.478. The monoisotopic (exact) mass is 128 g/mol. The summed E-state index contributed by atoms with van der Waals surface area (Å²) in [5.41, 5.74) is 0. The van der Waals surface area contributed by atoms with Crippen molar-refractivity contribution in [3.05, 3.63) is 13.2 Å². The van der Waals surface area contributed by atoms with Crippen LogP contribution in [0.3, 0.4) is 0 Å². The Kier molecular flexibility index (Phi) is 19.5. The highest BCUT2D eigenvalue weighted by Gasteiger charge is 1.80. The first-order valence-electron chi connectivity index (χ1n) is 3.35. The van der Waals surface area contributed by atoms with E-state index in [4.69, 9.17) is 0 Å². The van der Waals surface area contributed by atoms with Crippen molar-refractivity contribution in [1.29, 1.82) is 0 Å². The molecule has 0 amide bonds. The lowest BCUT2D eigenvalue weighted by molar-refractivity contribution is -0.107. The second-order valence-electron chi connectivity index (χ2n) is 1.66. The van der Waals surface area contributed by atoms with Gasteiger partial charge in [0.25, 0.3) is 0 Å². The molecular formula is C8H16O. The highest BCUT2D eigenvalue weighted by atomic mass is 16.1. The zero-order valence-corrected chi connectivity index (χ0v) is 6.23. The highest BCUT2D eigenvalue weighted by molar-refractivity contribution is 5.48. The molecule has 0 unspecified atom stereocenters. The third-order valence-electron chi connectivity index (χ3n) is 0.926. The van der Waals surface area contributed by atoms with Gasteiger partial charge in [-0.15, -0.1) is 13.2 Å². The van der Waals surface area contributed by atoms with Gasteiger partial charge in [-0.1, -0.05) is 19.8 Å². The average molecular weight is 128 g/mol. The van der Waals surface area contributed by atoms with Crippen LogP contribution in [0.1, 0.15) is 32.6 Å². The third-order valence-corrected chi connectivity index (χ3v) is 0.926. The van der Waals surface area contributed by atoms with Gasteiger partial charge in [-0.25, -0.2) is 0 Å². The Balaban J connectivity index is 0. The van der Waals surface area contributed by atoms with E-state index in [9.17, 15) is 4.79 Å². The minimum absolute atomic E-state index is 0.744. The summed E-state index contributed by atoms with van der Waals surface area (Å²) < 4.78 is 0. The minimum Gasteiger partial charge on any atom is -0.303 e. The van der Waals surface area contributed by atoms with E-state index in [0.29, 0.717) is 0 Å². The molecule has 0 aliphatic rings. The van der Waals surface area contributed by atoms with Crippen molar-refractivity contribution in [2.75, 3.05) is 0 Å². The minimum atomic E-state index is 0.744. The van der Waals surface area contributed by atoms with Crippen molar-refractivity contribution >= 4 is 6.29 Å². The molecule has 0 atom stereocenters. The molecule has 0 aliphatic carbocycles. The zero-order chi connectivity index (χ0) is 7.54. The van der Waals surface area contributed by atoms with E-state index in [0.717, 1.165) is 19.1 Å². The lowest BCUT2D eigenvalue weighted by atomic mass is 10.2. The van der Waals surface area contributed by atoms with Gasteiger partial charge in [-0.2, -0.15) is 0 Å². The molecule has 0 radical (unpaired) electrons. The Hall–Kier alpha value is -0.590. The Morgan fingerprint density at radius 2 is 1.89 bits per heavy atom. The van der Waals surface area contributed by atoms with Crippen LogP contribution in [0, 0.1) is 0 Å². The van der Waals surface area contributed by atoms with Gasteiger partial charge in [0.1, 0.15) is 6.29 Å². The van der Waals surface area contributed by atoms with Crippen LogP contribution in [-0.2, 0) is 4.79 Å². The lowest BCUT2D eigenvalue weighted by Gasteiger charge is -1.85. The number of hydrogen-bond acceptors (Lipinski definition) is 1. The van der Waals surface area contributed by atoms with E-state index in [-0.39, 0.29) is 0 Å². The quantitative estimate of drug-likeness (QED) is 0.323. The average Bonchev–Trinajstić information content (AvgIpc) is 1.94. The maximum Gasteiger partial charge on any atom is 0.119 e. The summed E-state index contributed by atoms with van der Waals surface area (Å²) in [6.07, 6.45) is 5.19. The van der Waals surface area contributed by atoms with Crippen LogP contribution >= 0.6 is 0 Å². The molecule has 0 aliphatic heterocycles. The lowest BCUT2D eigenvalue weighted by Crippen LogP contribution is -1.73. The molecule has 0 heterocycles. The molecule has 0 bridgehead atoms. The van der Waals surface area contributed by atoms with Gasteiger partial charge < -0.3 is 4.79 Å². The van der Waals surface area contributed by atoms with Gasteiger partial charge >= 0.3 is 0 Å². The van der Waals surface area contributed by atoms with Crippen molar-refractivity contribution in [2.24, 2.45) is 0 Å². The number of rotatable bonds is 4. The van der Waals surface area contributed by atoms with Crippen LogP contribution < -0.4 is 0 Å². The zero-order valence-electron chi connectivity index (χ0n) is 6.23. The van der Waals surface area contributed by atoms with E-state index in [1.807, 2.05) is 0 Å². The number of hydrogen-bond donors (Lipinski definition) is 0. The molecule has 0 fully saturated rings. The summed E-state index contributed by atoms with van der Waals surface area (Å²) in [4.78, 5) is 9.68. The van der Waals surface area contributed by atoms with Crippen molar-refractivity contribution in [3.8, 4) is 0 Å². The predicted molar refractivity (Wildman–Crippen MR) is 41.5 cm³/mol. The number of aldehydes is 1. The Bertz CT molecular complexity index is 50.5. The summed E-state index contributed by atoms with van der Waals surface area (Å²) in [5, 5.41) is 0. The van der Waals surface area contributed by atoms with Crippen LogP contribution in [-0.4, -0.2) is 6.29 Å². The standard InChI is InChI=1S/C6H12O.C2H4/c1-2-3-4-5-6-7;1-2/h6H,2-5H2,1H3;1-2H2. The van der Waals surface area contributed by atoms with Gasteiger partial charge in [0.05, 0.1) is 0 Å². The van der Waals surface area contributed by atoms with Crippen molar-refractivity contribution in [1.82, 2.24) is 0 Å². The van der Waals surface area contributed by atoms with Crippen molar-refractivity contribution in [3.63, 3.8) is 0 Å². The van der Waals surface area contributed by atoms with Gasteiger partial charge in [-0.05, 0) is 6.42 Å². The van der Waals surface area contributed by atoms with E-state index in [1.54, 1.807) is 0 Å². The van der Waals surface area contributed by atoms with Gasteiger partial charge in [0.15, 0.2) is 0 Å². The third kappa shape index (κ3) is 18.7. The Labute approximate surface area is 57.8 Å². The van der Waals surface area contributed by atoms with Gasteiger partial charge in [0.2, 0.25) is 0 Å². The first-order chi connectivity index (χ1) is 4.41. The molecule has 1 nitrogen and oxygen atoms in total. The molecule has 0 spiro atoms. The molecule has 0 aromatic rings. The SMILES string of the molecule is C=C.CCCCCC=O. The van der Waals surface area contributed by atoms with Crippen LogP contribution in [0.5, 0.6) is 0 Å². The second kappa shape index (κ2) is 15.7. The molecule has 0 aromatic heterocycles. The molecule has 0 saturated heterocycles. The topological polar surface area (TPSA) is 17.1 Å². The smallest absolute Gasteiger partial charge is 0.119 e. The summed E-state index contributed by atoms with van der Waals surface area (Å²) in [6.45, 7) is 8.13. The molecule has 54 valence electrons. The largest absolute Gasteiger partial charge is 0.303 e. The molecule has 0 rings (SSSR count). The Morgan fingerprint density at radius 1 is 1.33 bits per heavy atom. The molecular weight excluding hydrogens is 112 g/mol. The maximum absolute atomic E-state index is 9.68. The summed E-state index contributed by atoms with van der Waals surface area (Å²) >= 11 is 0. The Morgan fingerprint density at radius 3 is 2.22 bits per heavy atom. The molecule has 1 heteroatoms. The van der Waals surface area contributed by atoms with E-state index in [2.05, 4.69) is 20.1 Å². The second-order valence-corrected chi connectivity index (χ2v) is 1.66. The summed E-state index contributed by atoms with van der Waals surface area (Å²) in [7, 11) is 0. The predicted octanol–water partition coefficient (Wildman–Crippen LogP) is 2.57. The molecule has 0 saturated carbocycles. The van der Waals surface area contributed by atoms with Crippen LogP contribution in [0.2, 0.25) is 0 Å². The normalized spacial score (nSPS) is 7.22. The molecule has 9 heavy (non-hydrogen) atoms. The molecule has 0 N–H and O–H groups in total. The fourth-order valence-electron chi connectivity index (χ4n) is 0.478.